The molecule has 1 unspecified atom stereocenters. The third-order valence-electron chi connectivity index (χ3n) is 3.04. The molecular weight excluding hydrogens is 238 g/mol. The van der Waals surface area contributed by atoms with Gasteiger partial charge in [-0.1, -0.05) is 0 Å². The number of aromatic nitrogens is 1. The van der Waals surface area contributed by atoms with Crippen molar-refractivity contribution in [2.45, 2.75) is 31.5 Å². The highest BCUT2D eigenvalue weighted by atomic mass is 16.6. The molecule has 6 heteroatoms. The first-order chi connectivity index (χ1) is 8.54. The summed E-state index contributed by atoms with van der Waals surface area (Å²) in [5.74, 6) is -0.101. The summed E-state index contributed by atoms with van der Waals surface area (Å²) in [5.41, 5.74) is 0.482. The maximum Gasteiger partial charge on any atom is 0.292 e. The van der Waals surface area contributed by atoms with Gasteiger partial charge in [0.15, 0.2) is 24.3 Å². The van der Waals surface area contributed by atoms with Crippen molar-refractivity contribution < 1.29 is 29.4 Å². The van der Waals surface area contributed by atoms with Crippen molar-refractivity contribution >= 4 is 5.78 Å². The van der Waals surface area contributed by atoms with Crippen LogP contribution in [0.3, 0.4) is 0 Å². The van der Waals surface area contributed by atoms with E-state index in [1.807, 2.05) is 0 Å². The molecule has 1 saturated heterocycles. The standard InChI is InChI=1S/C12H16NO5/c1-7(15)8-3-2-4-13(5-8)12-11(17)10(16)9(6-14)18-12/h2-5,9-12,14,16-17H,6H2,1H3/q+1/t9-,10+,11?,12-/m1/s1. The molecular formula is C12H16NO5+. The highest BCUT2D eigenvalue weighted by molar-refractivity contribution is 5.93. The van der Waals surface area contributed by atoms with E-state index in [-0.39, 0.29) is 12.4 Å². The van der Waals surface area contributed by atoms with Gasteiger partial charge < -0.3 is 20.1 Å². The molecule has 0 radical (unpaired) electrons. The summed E-state index contributed by atoms with van der Waals surface area (Å²) < 4.78 is 6.87. The van der Waals surface area contributed by atoms with E-state index >= 15 is 0 Å². The van der Waals surface area contributed by atoms with Crippen LogP contribution in [-0.4, -0.2) is 46.0 Å². The molecule has 6 nitrogen and oxygen atoms in total. The number of carbonyl (C=O) groups is 1. The van der Waals surface area contributed by atoms with Crippen molar-refractivity contribution in [3.05, 3.63) is 30.1 Å². The third kappa shape index (κ3) is 2.28. The van der Waals surface area contributed by atoms with Crippen molar-refractivity contribution in [1.29, 1.82) is 0 Å². The zero-order chi connectivity index (χ0) is 13.3. The predicted molar refractivity (Wildman–Crippen MR) is 59.7 cm³/mol. The Balaban J connectivity index is 2.27. The highest BCUT2D eigenvalue weighted by Crippen LogP contribution is 2.25. The van der Waals surface area contributed by atoms with Gasteiger partial charge in [-0.15, -0.1) is 0 Å². The van der Waals surface area contributed by atoms with E-state index in [1.54, 1.807) is 24.5 Å². The van der Waals surface area contributed by atoms with Crippen LogP contribution < -0.4 is 4.57 Å². The fourth-order valence-electron chi connectivity index (χ4n) is 1.99. The van der Waals surface area contributed by atoms with Gasteiger partial charge >= 0.3 is 0 Å². The Labute approximate surface area is 104 Å². The monoisotopic (exact) mass is 254 g/mol. The van der Waals surface area contributed by atoms with Crippen molar-refractivity contribution in [3.63, 3.8) is 0 Å². The molecule has 1 aromatic rings. The lowest BCUT2D eigenvalue weighted by Gasteiger charge is -2.09. The second kappa shape index (κ2) is 5.11. The Hall–Kier alpha value is -1.34. The van der Waals surface area contributed by atoms with Crippen molar-refractivity contribution in [2.75, 3.05) is 6.61 Å². The quantitative estimate of drug-likeness (QED) is 0.465. The zero-order valence-corrected chi connectivity index (χ0v) is 9.93. The van der Waals surface area contributed by atoms with Gasteiger partial charge in [0, 0.05) is 6.07 Å². The zero-order valence-electron chi connectivity index (χ0n) is 9.93. The van der Waals surface area contributed by atoms with Gasteiger partial charge in [-0.05, 0) is 13.0 Å². The van der Waals surface area contributed by atoms with Crippen LogP contribution in [0.4, 0.5) is 0 Å². The van der Waals surface area contributed by atoms with Gasteiger partial charge in [0.25, 0.3) is 6.23 Å². The number of aliphatic hydroxyl groups excluding tert-OH is 3. The number of rotatable bonds is 3. The molecule has 4 atom stereocenters. The summed E-state index contributed by atoms with van der Waals surface area (Å²) in [6, 6.07) is 3.31. The second-order valence-corrected chi connectivity index (χ2v) is 4.32. The average molecular weight is 254 g/mol. The SMILES string of the molecule is CC(=O)c1ccc[n+]([C@@H]2O[C@H](CO)[C@H](O)C2O)c1. The Kier molecular flexibility index (Phi) is 3.72. The molecule has 1 aliphatic heterocycles. The van der Waals surface area contributed by atoms with Gasteiger partial charge in [-0.25, -0.2) is 0 Å². The van der Waals surface area contributed by atoms with Gasteiger partial charge in [0.05, 0.1) is 12.2 Å². The first-order valence-corrected chi connectivity index (χ1v) is 5.69. The molecule has 1 aromatic heterocycles. The van der Waals surface area contributed by atoms with E-state index in [2.05, 4.69) is 0 Å². The molecule has 0 aromatic carbocycles. The number of hydrogen-bond acceptors (Lipinski definition) is 5. The van der Waals surface area contributed by atoms with Crippen LogP contribution in [0.15, 0.2) is 24.5 Å². The first-order valence-electron chi connectivity index (χ1n) is 5.69. The molecule has 0 spiro atoms. The minimum atomic E-state index is -1.14. The lowest BCUT2D eigenvalue weighted by Crippen LogP contribution is -2.46. The molecule has 0 saturated carbocycles. The predicted octanol–water partition coefficient (Wildman–Crippen LogP) is -1.21. The van der Waals surface area contributed by atoms with Gasteiger partial charge in [-0.3, -0.25) is 4.79 Å². The lowest BCUT2D eigenvalue weighted by molar-refractivity contribution is -0.765. The summed E-state index contributed by atoms with van der Waals surface area (Å²) in [5, 5.41) is 28.5. The van der Waals surface area contributed by atoms with Gasteiger partial charge in [-0.2, -0.15) is 4.57 Å². The van der Waals surface area contributed by atoms with Gasteiger partial charge in [0.1, 0.15) is 12.2 Å². The Morgan fingerprint density at radius 2 is 2.17 bits per heavy atom. The van der Waals surface area contributed by atoms with Crippen molar-refractivity contribution in [1.82, 2.24) is 0 Å². The minimum absolute atomic E-state index is 0.101. The Morgan fingerprint density at radius 1 is 1.44 bits per heavy atom. The van der Waals surface area contributed by atoms with Crippen LogP contribution >= 0.6 is 0 Å². The Morgan fingerprint density at radius 3 is 2.72 bits per heavy atom. The van der Waals surface area contributed by atoms with Crippen LogP contribution in [0.2, 0.25) is 0 Å². The molecule has 3 N–H and O–H groups in total. The smallest absolute Gasteiger partial charge is 0.292 e. The normalized spacial score (nSPS) is 31.6. The number of aliphatic hydroxyl groups is 3. The summed E-state index contributed by atoms with van der Waals surface area (Å²) in [7, 11) is 0. The number of carbonyl (C=O) groups excluding carboxylic acids is 1. The molecule has 0 aliphatic carbocycles. The summed E-state index contributed by atoms with van der Waals surface area (Å²) in [6.07, 6.45) is -0.743. The van der Waals surface area contributed by atoms with Crippen LogP contribution in [0.5, 0.6) is 0 Å². The Bertz CT molecular complexity index is 450. The van der Waals surface area contributed by atoms with Crippen molar-refractivity contribution in [2.24, 2.45) is 0 Å². The molecule has 0 amide bonds. The number of ether oxygens (including phenoxy) is 1. The lowest BCUT2D eigenvalue weighted by atomic mass is 10.1. The number of hydrogen-bond donors (Lipinski definition) is 3. The van der Waals surface area contributed by atoms with E-state index in [9.17, 15) is 15.0 Å². The first kappa shape index (κ1) is 13.1. The summed E-state index contributed by atoms with van der Waals surface area (Å²) >= 11 is 0. The van der Waals surface area contributed by atoms with E-state index in [0.717, 1.165) is 0 Å². The fraction of sp³-hybridized carbons (Fsp3) is 0.500. The van der Waals surface area contributed by atoms with Gasteiger partial charge in [0.2, 0.25) is 0 Å². The van der Waals surface area contributed by atoms with E-state index < -0.39 is 24.5 Å². The second-order valence-electron chi connectivity index (χ2n) is 4.32. The molecule has 1 fully saturated rings. The van der Waals surface area contributed by atoms with Crippen LogP contribution in [-0.2, 0) is 4.74 Å². The fourth-order valence-corrected chi connectivity index (χ4v) is 1.99. The topological polar surface area (TPSA) is 90.9 Å². The molecule has 2 rings (SSSR count). The number of ketones is 1. The van der Waals surface area contributed by atoms with Crippen LogP contribution in [0.25, 0.3) is 0 Å². The number of Topliss-reactive ketones (excluding diaryl/α,β-unsaturated/α-hetero) is 1. The van der Waals surface area contributed by atoms with Crippen LogP contribution in [0.1, 0.15) is 23.5 Å². The maximum absolute atomic E-state index is 11.3. The minimum Gasteiger partial charge on any atom is -0.394 e. The third-order valence-corrected chi connectivity index (χ3v) is 3.04. The molecule has 98 valence electrons. The average Bonchev–Trinajstić information content (AvgIpc) is 2.66. The number of nitrogens with zero attached hydrogens (tertiary/aromatic N) is 1. The summed E-state index contributed by atoms with van der Waals surface area (Å²) in [4.78, 5) is 11.3. The van der Waals surface area contributed by atoms with E-state index in [0.29, 0.717) is 5.56 Å². The largest absolute Gasteiger partial charge is 0.394 e. The molecule has 0 bridgehead atoms. The highest BCUT2D eigenvalue weighted by Gasteiger charge is 2.47. The molecule has 2 heterocycles. The number of pyridine rings is 1. The molecule has 1 aliphatic rings. The van der Waals surface area contributed by atoms with E-state index in [4.69, 9.17) is 9.84 Å². The van der Waals surface area contributed by atoms with E-state index in [1.165, 1.54) is 11.5 Å². The van der Waals surface area contributed by atoms with Crippen molar-refractivity contribution in [3.8, 4) is 0 Å². The summed E-state index contributed by atoms with van der Waals surface area (Å²) in [6.45, 7) is 1.07. The maximum atomic E-state index is 11.3. The molecule has 18 heavy (non-hydrogen) atoms. The van der Waals surface area contributed by atoms with Crippen LogP contribution in [0, 0.1) is 0 Å².